The molecule has 0 radical (unpaired) electrons. The molecule has 0 spiro atoms. The number of rotatable bonds is 8. The second kappa shape index (κ2) is 9.04. The summed E-state index contributed by atoms with van der Waals surface area (Å²) >= 11 is 0. The fourth-order valence-electron chi connectivity index (χ4n) is 2.68. The third kappa shape index (κ3) is 6.59. The van der Waals surface area contributed by atoms with E-state index in [9.17, 15) is 9.59 Å². The number of benzene rings is 2. The van der Waals surface area contributed by atoms with Crippen molar-refractivity contribution in [2.24, 2.45) is 5.41 Å². The average molecular weight is 355 g/mol. The zero-order valence-corrected chi connectivity index (χ0v) is 15.2. The van der Waals surface area contributed by atoms with Gasteiger partial charge in [0.15, 0.2) is 0 Å². The van der Waals surface area contributed by atoms with Crippen LogP contribution in [0.2, 0.25) is 0 Å². The number of carboxylic acid groups (broad SMARTS) is 1. The second-order valence-electron chi connectivity index (χ2n) is 7.08. The Labute approximate surface area is 154 Å². The van der Waals surface area contributed by atoms with Crippen LogP contribution in [0.1, 0.15) is 41.8 Å². The molecule has 0 aliphatic carbocycles. The molecule has 1 amide bonds. The lowest BCUT2D eigenvalue weighted by molar-refractivity contribution is 0.0696. The van der Waals surface area contributed by atoms with Crippen LogP contribution in [0.15, 0.2) is 54.6 Å². The molecule has 0 unspecified atom stereocenters. The van der Waals surface area contributed by atoms with Crippen LogP contribution in [0.3, 0.4) is 0 Å². The highest BCUT2D eigenvalue weighted by Gasteiger charge is 2.19. The predicted octanol–water partition coefficient (Wildman–Crippen LogP) is 4.27. The first-order valence-corrected chi connectivity index (χ1v) is 8.62. The molecule has 0 aromatic heterocycles. The summed E-state index contributed by atoms with van der Waals surface area (Å²) in [4.78, 5) is 22.7. The number of carbonyl (C=O) groups is 2. The third-order valence-electron chi connectivity index (χ3n) is 4.17. The molecule has 0 saturated heterocycles. The van der Waals surface area contributed by atoms with Crippen molar-refractivity contribution < 1.29 is 19.4 Å². The summed E-state index contributed by atoms with van der Waals surface area (Å²) in [6.45, 7) is 5.02. The van der Waals surface area contributed by atoms with E-state index in [1.54, 1.807) is 12.1 Å². The third-order valence-corrected chi connectivity index (χ3v) is 4.17. The van der Waals surface area contributed by atoms with Gasteiger partial charge in [-0.15, -0.1) is 0 Å². The Balaban J connectivity index is 1.73. The van der Waals surface area contributed by atoms with Crippen LogP contribution in [-0.2, 0) is 17.8 Å². The van der Waals surface area contributed by atoms with E-state index in [-0.39, 0.29) is 17.6 Å². The SMILES string of the molecule is CC(C)(CCNC(=O)OCc1ccccc1)Cc1ccc(C(=O)O)cc1. The molecule has 138 valence electrons. The minimum absolute atomic E-state index is 0.0303. The summed E-state index contributed by atoms with van der Waals surface area (Å²) < 4.78 is 5.19. The van der Waals surface area contributed by atoms with Crippen molar-refractivity contribution in [1.82, 2.24) is 5.32 Å². The van der Waals surface area contributed by atoms with Crippen LogP contribution < -0.4 is 5.32 Å². The first-order chi connectivity index (χ1) is 12.4. The maximum atomic E-state index is 11.8. The van der Waals surface area contributed by atoms with Crippen molar-refractivity contribution in [2.45, 2.75) is 33.3 Å². The van der Waals surface area contributed by atoms with E-state index in [4.69, 9.17) is 9.84 Å². The topological polar surface area (TPSA) is 75.6 Å². The summed E-state index contributed by atoms with van der Waals surface area (Å²) in [6, 6.07) is 16.5. The maximum absolute atomic E-state index is 11.8. The van der Waals surface area contributed by atoms with Crippen LogP contribution in [0.5, 0.6) is 0 Å². The van der Waals surface area contributed by atoms with Crippen molar-refractivity contribution in [3.05, 3.63) is 71.3 Å². The number of aromatic carboxylic acids is 1. The van der Waals surface area contributed by atoms with E-state index >= 15 is 0 Å². The molecule has 5 heteroatoms. The van der Waals surface area contributed by atoms with Gasteiger partial charge in [0, 0.05) is 6.54 Å². The van der Waals surface area contributed by atoms with Gasteiger partial charge in [0.05, 0.1) is 5.56 Å². The number of alkyl carbamates (subject to hydrolysis) is 1. The van der Waals surface area contributed by atoms with E-state index in [0.29, 0.717) is 6.54 Å². The molecule has 2 rings (SSSR count). The van der Waals surface area contributed by atoms with Crippen LogP contribution in [0.4, 0.5) is 4.79 Å². The molecule has 0 atom stereocenters. The normalized spacial score (nSPS) is 11.0. The van der Waals surface area contributed by atoms with Crippen molar-refractivity contribution in [2.75, 3.05) is 6.54 Å². The predicted molar refractivity (Wildman–Crippen MR) is 100 cm³/mol. The van der Waals surface area contributed by atoms with Gasteiger partial charge in [0.1, 0.15) is 6.61 Å². The van der Waals surface area contributed by atoms with Crippen molar-refractivity contribution >= 4 is 12.1 Å². The minimum atomic E-state index is -0.922. The van der Waals surface area contributed by atoms with E-state index in [1.165, 1.54) is 0 Å². The van der Waals surface area contributed by atoms with Crippen molar-refractivity contribution in [3.63, 3.8) is 0 Å². The first kappa shape index (κ1) is 19.5. The second-order valence-corrected chi connectivity index (χ2v) is 7.08. The number of nitrogens with one attached hydrogen (secondary N) is 1. The number of amides is 1. The molecule has 5 nitrogen and oxygen atoms in total. The Morgan fingerprint density at radius 2 is 1.65 bits per heavy atom. The summed E-state index contributed by atoms with van der Waals surface area (Å²) in [6.07, 6.45) is 1.16. The Morgan fingerprint density at radius 3 is 2.27 bits per heavy atom. The average Bonchev–Trinajstić information content (AvgIpc) is 2.61. The molecule has 0 fully saturated rings. The highest BCUT2D eigenvalue weighted by atomic mass is 16.5. The van der Waals surface area contributed by atoms with E-state index in [0.717, 1.165) is 24.0 Å². The lowest BCUT2D eigenvalue weighted by Crippen LogP contribution is -2.29. The molecule has 0 heterocycles. The van der Waals surface area contributed by atoms with Gasteiger partial charge in [-0.3, -0.25) is 0 Å². The number of carbonyl (C=O) groups excluding carboxylic acids is 1. The van der Waals surface area contributed by atoms with Gasteiger partial charge in [-0.1, -0.05) is 56.3 Å². The van der Waals surface area contributed by atoms with E-state index < -0.39 is 12.1 Å². The number of hydrogen-bond acceptors (Lipinski definition) is 3. The molecule has 0 aliphatic heterocycles. The minimum Gasteiger partial charge on any atom is -0.478 e. The standard InChI is InChI=1S/C21H25NO4/c1-21(2,14-16-8-10-18(11-9-16)19(23)24)12-13-22-20(25)26-15-17-6-4-3-5-7-17/h3-11H,12-15H2,1-2H3,(H,22,25)(H,23,24). The van der Waals surface area contributed by atoms with Gasteiger partial charge >= 0.3 is 12.1 Å². The molecule has 0 aliphatic rings. The van der Waals surface area contributed by atoms with Gasteiger partial charge in [0.2, 0.25) is 0 Å². The summed E-state index contributed by atoms with van der Waals surface area (Å²) in [5.74, 6) is -0.922. The Hall–Kier alpha value is -2.82. The van der Waals surface area contributed by atoms with Gasteiger partial charge in [0.25, 0.3) is 0 Å². The fraction of sp³-hybridized carbons (Fsp3) is 0.333. The van der Waals surface area contributed by atoms with Gasteiger partial charge in [-0.25, -0.2) is 9.59 Å². The van der Waals surface area contributed by atoms with Crippen LogP contribution in [-0.4, -0.2) is 23.7 Å². The molecule has 2 aromatic rings. The van der Waals surface area contributed by atoms with Crippen LogP contribution >= 0.6 is 0 Å². The number of carboxylic acids is 1. The zero-order valence-electron chi connectivity index (χ0n) is 15.2. The monoisotopic (exact) mass is 355 g/mol. The number of hydrogen-bond donors (Lipinski definition) is 2. The molecular weight excluding hydrogens is 330 g/mol. The lowest BCUT2D eigenvalue weighted by Gasteiger charge is -2.25. The van der Waals surface area contributed by atoms with Crippen LogP contribution in [0, 0.1) is 5.41 Å². The fourth-order valence-corrected chi connectivity index (χ4v) is 2.68. The van der Waals surface area contributed by atoms with Gasteiger partial charge < -0.3 is 15.2 Å². The molecule has 0 bridgehead atoms. The summed E-state index contributed by atoms with van der Waals surface area (Å²) in [5.41, 5.74) is 2.28. The van der Waals surface area contributed by atoms with E-state index in [2.05, 4.69) is 19.2 Å². The Kier molecular flexibility index (Phi) is 6.78. The summed E-state index contributed by atoms with van der Waals surface area (Å²) in [5, 5.41) is 11.7. The summed E-state index contributed by atoms with van der Waals surface area (Å²) in [7, 11) is 0. The smallest absolute Gasteiger partial charge is 0.407 e. The maximum Gasteiger partial charge on any atom is 0.407 e. The Bertz CT molecular complexity index is 723. The molecule has 2 N–H and O–H groups in total. The molecular formula is C21H25NO4. The first-order valence-electron chi connectivity index (χ1n) is 8.62. The lowest BCUT2D eigenvalue weighted by atomic mass is 9.82. The number of ether oxygens (including phenoxy) is 1. The van der Waals surface area contributed by atoms with E-state index in [1.807, 2.05) is 42.5 Å². The largest absolute Gasteiger partial charge is 0.478 e. The van der Waals surface area contributed by atoms with Gasteiger partial charge in [-0.05, 0) is 41.5 Å². The van der Waals surface area contributed by atoms with Crippen molar-refractivity contribution in [3.8, 4) is 0 Å². The molecule has 26 heavy (non-hydrogen) atoms. The molecule has 2 aromatic carbocycles. The highest BCUT2D eigenvalue weighted by Crippen LogP contribution is 2.25. The van der Waals surface area contributed by atoms with Crippen molar-refractivity contribution in [1.29, 1.82) is 0 Å². The molecule has 0 saturated carbocycles. The zero-order chi connectivity index (χ0) is 19.0. The highest BCUT2D eigenvalue weighted by molar-refractivity contribution is 5.87. The Morgan fingerprint density at radius 1 is 1.00 bits per heavy atom. The quantitative estimate of drug-likeness (QED) is 0.741. The van der Waals surface area contributed by atoms with Gasteiger partial charge in [-0.2, -0.15) is 0 Å². The van der Waals surface area contributed by atoms with Crippen LogP contribution in [0.25, 0.3) is 0 Å².